The van der Waals surface area contributed by atoms with Gasteiger partial charge in [-0.3, -0.25) is 0 Å². The molecule has 2 aromatic rings. The number of fused-ring (bicyclic) bond motifs is 1. The van der Waals surface area contributed by atoms with Crippen LogP contribution >= 0.6 is 0 Å². The lowest BCUT2D eigenvalue weighted by atomic mass is 9.86. The van der Waals surface area contributed by atoms with Crippen LogP contribution in [0, 0.1) is 5.92 Å². The molecule has 0 saturated heterocycles. The summed E-state index contributed by atoms with van der Waals surface area (Å²) in [5.74, 6) is 0.645. The fraction of sp³-hybridized carbons (Fsp3) is 0.412. The van der Waals surface area contributed by atoms with Crippen molar-refractivity contribution in [1.29, 1.82) is 0 Å². The Morgan fingerprint density at radius 2 is 2.16 bits per heavy atom. The molecule has 1 N–H and O–H groups in total. The average molecular weight is 255 g/mol. The molecule has 0 bridgehead atoms. The van der Waals surface area contributed by atoms with E-state index in [0.717, 1.165) is 6.42 Å². The van der Waals surface area contributed by atoms with Crippen molar-refractivity contribution in [1.82, 2.24) is 5.32 Å². The number of hydrogen-bond donors (Lipinski definition) is 1. The predicted molar refractivity (Wildman–Crippen MR) is 77.1 cm³/mol. The van der Waals surface area contributed by atoms with E-state index >= 15 is 0 Å². The first kappa shape index (κ1) is 12.5. The third-order valence-corrected chi connectivity index (χ3v) is 4.27. The smallest absolute Gasteiger partial charge is 0.0934 e. The first-order valence-electron chi connectivity index (χ1n) is 7.14. The Bertz CT molecular complexity index is 518. The Labute approximate surface area is 114 Å². The molecule has 0 amide bonds. The van der Waals surface area contributed by atoms with Gasteiger partial charge in [-0.25, -0.2) is 0 Å². The molecule has 1 aromatic carbocycles. The number of hydrogen-bond acceptors (Lipinski definition) is 2. The highest BCUT2D eigenvalue weighted by Gasteiger charge is 2.26. The van der Waals surface area contributed by atoms with Crippen LogP contribution in [0.15, 0.2) is 47.3 Å². The summed E-state index contributed by atoms with van der Waals surface area (Å²) in [6.07, 6.45) is 8.49. The fourth-order valence-electron chi connectivity index (χ4n) is 3.36. The molecule has 2 nitrogen and oxygen atoms in total. The van der Waals surface area contributed by atoms with Gasteiger partial charge in [-0.1, -0.05) is 24.3 Å². The molecule has 19 heavy (non-hydrogen) atoms. The van der Waals surface area contributed by atoms with E-state index in [-0.39, 0.29) is 0 Å². The molecule has 1 aromatic heterocycles. The van der Waals surface area contributed by atoms with Gasteiger partial charge in [-0.05, 0) is 61.4 Å². The summed E-state index contributed by atoms with van der Waals surface area (Å²) >= 11 is 0. The molecule has 100 valence electrons. The molecular formula is C17H21NO. The van der Waals surface area contributed by atoms with Crippen LogP contribution in [0.3, 0.4) is 0 Å². The minimum absolute atomic E-state index is 0.452. The molecule has 1 heterocycles. The van der Waals surface area contributed by atoms with Crippen molar-refractivity contribution in [3.8, 4) is 0 Å². The average Bonchev–Trinajstić information content (AvgIpc) is 2.87. The van der Waals surface area contributed by atoms with Crippen molar-refractivity contribution in [2.75, 3.05) is 7.05 Å². The number of rotatable bonds is 3. The van der Waals surface area contributed by atoms with Gasteiger partial charge in [0.15, 0.2) is 0 Å². The highest BCUT2D eigenvalue weighted by Crippen LogP contribution is 2.35. The molecule has 2 unspecified atom stereocenters. The summed E-state index contributed by atoms with van der Waals surface area (Å²) in [7, 11) is 2.08. The zero-order valence-electron chi connectivity index (χ0n) is 11.4. The minimum Gasteiger partial charge on any atom is -0.472 e. The van der Waals surface area contributed by atoms with Crippen molar-refractivity contribution in [2.24, 2.45) is 5.92 Å². The third-order valence-electron chi connectivity index (χ3n) is 4.27. The normalized spacial score (nSPS) is 22.8. The fourth-order valence-corrected chi connectivity index (χ4v) is 3.36. The predicted octanol–water partition coefficient (Wildman–Crippen LogP) is 3.74. The molecule has 2 atom stereocenters. The molecule has 1 aliphatic carbocycles. The maximum absolute atomic E-state index is 5.21. The maximum atomic E-state index is 5.21. The van der Waals surface area contributed by atoms with Crippen molar-refractivity contribution in [3.05, 3.63) is 59.5 Å². The van der Waals surface area contributed by atoms with E-state index in [1.165, 1.54) is 36.0 Å². The second kappa shape index (κ2) is 5.62. The topological polar surface area (TPSA) is 25.2 Å². The Hall–Kier alpha value is -1.54. The Morgan fingerprint density at radius 1 is 1.26 bits per heavy atom. The van der Waals surface area contributed by atoms with Gasteiger partial charge in [0.05, 0.1) is 12.5 Å². The van der Waals surface area contributed by atoms with E-state index < -0.39 is 0 Å². The third kappa shape index (κ3) is 2.59. The number of furan rings is 1. The standard InChI is InChI=1S/C17H21NO/c1-18-17-15(11-13-9-10-19-12-13)7-4-6-14-5-2-3-8-16(14)17/h2-3,5,8-10,12,15,17-18H,4,6-7,11H2,1H3. The first-order chi connectivity index (χ1) is 9.38. The van der Waals surface area contributed by atoms with E-state index in [1.807, 2.05) is 6.26 Å². The number of benzene rings is 1. The molecule has 0 aliphatic heterocycles. The van der Waals surface area contributed by atoms with Crippen LogP contribution in [-0.2, 0) is 12.8 Å². The summed E-state index contributed by atoms with van der Waals surface area (Å²) in [5.41, 5.74) is 4.30. The Morgan fingerprint density at radius 3 is 2.95 bits per heavy atom. The highest BCUT2D eigenvalue weighted by molar-refractivity contribution is 5.32. The summed E-state index contributed by atoms with van der Waals surface area (Å²) in [6.45, 7) is 0. The monoisotopic (exact) mass is 255 g/mol. The van der Waals surface area contributed by atoms with E-state index in [4.69, 9.17) is 4.42 Å². The van der Waals surface area contributed by atoms with E-state index in [9.17, 15) is 0 Å². The number of aryl methyl sites for hydroxylation is 1. The molecule has 1 aliphatic rings. The van der Waals surface area contributed by atoms with Gasteiger partial charge in [-0.2, -0.15) is 0 Å². The van der Waals surface area contributed by atoms with Gasteiger partial charge in [0.1, 0.15) is 0 Å². The molecule has 2 heteroatoms. The molecule has 0 saturated carbocycles. The molecular weight excluding hydrogens is 234 g/mol. The van der Waals surface area contributed by atoms with Crippen LogP contribution in [0.5, 0.6) is 0 Å². The first-order valence-corrected chi connectivity index (χ1v) is 7.14. The molecule has 3 rings (SSSR count). The quantitative estimate of drug-likeness (QED) is 0.845. The lowest BCUT2D eigenvalue weighted by molar-refractivity contribution is 0.358. The van der Waals surface area contributed by atoms with Gasteiger partial charge in [-0.15, -0.1) is 0 Å². The SMILES string of the molecule is CNC1c2ccccc2CCCC1Cc1ccoc1. The largest absolute Gasteiger partial charge is 0.472 e. The van der Waals surface area contributed by atoms with Gasteiger partial charge < -0.3 is 9.73 Å². The van der Waals surface area contributed by atoms with Gasteiger partial charge in [0.2, 0.25) is 0 Å². The van der Waals surface area contributed by atoms with Gasteiger partial charge in [0, 0.05) is 6.04 Å². The van der Waals surface area contributed by atoms with E-state index in [1.54, 1.807) is 6.26 Å². The van der Waals surface area contributed by atoms with Gasteiger partial charge in [0.25, 0.3) is 0 Å². The van der Waals surface area contributed by atoms with Crippen LogP contribution < -0.4 is 5.32 Å². The van der Waals surface area contributed by atoms with Crippen molar-refractivity contribution < 1.29 is 4.42 Å². The van der Waals surface area contributed by atoms with Crippen LogP contribution in [-0.4, -0.2) is 7.05 Å². The zero-order chi connectivity index (χ0) is 13.1. The van der Waals surface area contributed by atoms with Crippen LogP contribution in [0.2, 0.25) is 0 Å². The summed E-state index contributed by atoms with van der Waals surface area (Å²) in [5, 5.41) is 3.53. The van der Waals surface area contributed by atoms with Gasteiger partial charge >= 0.3 is 0 Å². The Balaban J connectivity index is 1.88. The van der Waals surface area contributed by atoms with Crippen molar-refractivity contribution >= 4 is 0 Å². The second-order valence-corrected chi connectivity index (χ2v) is 5.45. The molecule has 0 fully saturated rings. The van der Waals surface area contributed by atoms with E-state index in [0.29, 0.717) is 12.0 Å². The van der Waals surface area contributed by atoms with Crippen LogP contribution in [0.4, 0.5) is 0 Å². The molecule has 0 spiro atoms. The van der Waals surface area contributed by atoms with E-state index in [2.05, 4.69) is 42.7 Å². The Kier molecular flexibility index (Phi) is 3.69. The van der Waals surface area contributed by atoms with Crippen LogP contribution in [0.25, 0.3) is 0 Å². The minimum atomic E-state index is 0.452. The summed E-state index contributed by atoms with van der Waals surface area (Å²) in [4.78, 5) is 0. The molecule has 0 radical (unpaired) electrons. The maximum Gasteiger partial charge on any atom is 0.0934 e. The summed E-state index contributed by atoms with van der Waals surface area (Å²) in [6, 6.07) is 11.4. The second-order valence-electron chi connectivity index (χ2n) is 5.45. The van der Waals surface area contributed by atoms with Crippen LogP contribution in [0.1, 0.15) is 35.6 Å². The lowest BCUT2D eigenvalue weighted by Crippen LogP contribution is -2.26. The number of nitrogens with one attached hydrogen (secondary N) is 1. The summed E-state index contributed by atoms with van der Waals surface area (Å²) < 4.78 is 5.21. The van der Waals surface area contributed by atoms with Crippen molar-refractivity contribution in [3.63, 3.8) is 0 Å². The highest BCUT2D eigenvalue weighted by atomic mass is 16.3. The lowest BCUT2D eigenvalue weighted by Gasteiger charge is -2.26. The zero-order valence-corrected chi connectivity index (χ0v) is 11.4. The van der Waals surface area contributed by atoms with Crippen molar-refractivity contribution in [2.45, 2.75) is 31.7 Å².